The monoisotopic (exact) mass is 449 g/mol. The first-order chi connectivity index (χ1) is 14.0. The molecule has 0 unspecified atom stereocenters. The van der Waals surface area contributed by atoms with E-state index in [1.807, 2.05) is 28.1 Å². The van der Waals surface area contributed by atoms with Crippen molar-refractivity contribution in [1.82, 2.24) is 9.55 Å². The van der Waals surface area contributed by atoms with Crippen LogP contribution in [0.2, 0.25) is 0 Å². The van der Waals surface area contributed by atoms with Gasteiger partial charge in [0.1, 0.15) is 16.6 Å². The van der Waals surface area contributed by atoms with Gasteiger partial charge >= 0.3 is 0 Å². The van der Waals surface area contributed by atoms with Gasteiger partial charge in [0.25, 0.3) is 10.0 Å². The SMILES string of the molecule is COCn1c(-c2nccs2)cc2cccc(N(C)S(=O)(=O)c3ccsc3CO)c21. The number of hydrogen-bond donors (Lipinski definition) is 1. The van der Waals surface area contributed by atoms with Crippen molar-refractivity contribution in [2.24, 2.45) is 0 Å². The third-order valence-corrected chi connectivity index (χ3v) is 8.32. The molecule has 0 fully saturated rings. The first-order valence-electron chi connectivity index (χ1n) is 8.66. The summed E-state index contributed by atoms with van der Waals surface area (Å²) >= 11 is 2.73. The van der Waals surface area contributed by atoms with Crippen molar-refractivity contribution >= 4 is 49.3 Å². The lowest BCUT2D eigenvalue weighted by Gasteiger charge is -2.22. The Labute approximate surface area is 176 Å². The zero-order valence-electron chi connectivity index (χ0n) is 15.8. The molecule has 0 atom stereocenters. The average molecular weight is 450 g/mol. The Hall–Kier alpha value is -2.24. The number of aliphatic hydroxyl groups excluding tert-OH is 1. The van der Waals surface area contributed by atoms with E-state index in [4.69, 9.17) is 4.74 Å². The van der Waals surface area contributed by atoms with Crippen LogP contribution in [0.25, 0.3) is 21.6 Å². The van der Waals surface area contributed by atoms with Crippen LogP contribution in [0.1, 0.15) is 4.88 Å². The van der Waals surface area contributed by atoms with Crippen molar-refractivity contribution in [3.05, 3.63) is 52.2 Å². The van der Waals surface area contributed by atoms with Gasteiger partial charge in [-0.2, -0.15) is 0 Å². The van der Waals surface area contributed by atoms with E-state index in [1.54, 1.807) is 24.8 Å². The molecule has 1 aromatic carbocycles. The molecule has 0 amide bonds. The van der Waals surface area contributed by atoms with Gasteiger partial charge < -0.3 is 14.4 Å². The molecule has 152 valence electrons. The first-order valence-corrected chi connectivity index (χ1v) is 11.9. The van der Waals surface area contributed by atoms with Crippen LogP contribution in [0.5, 0.6) is 0 Å². The summed E-state index contributed by atoms with van der Waals surface area (Å²) in [7, 11) is -0.722. The summed E-state index contributed by atoms with van der Waals surface area (Å²) in [6.07, 6.45) is 1.74. The number of anilines is 1. The molecule has 0 aliphatic rings. The number of ether oxygens (including phenoxy) is 1. The fourth-order valence-corrected chi connectivity index (χ4v) is 6.43. The van der Waals surface area contributed by atoms with Gasteiger partial charge in [0, 0.05) is 31.1 Å². The summed E-state index contributed by atoms with van der Waals surface area (Å²) < 4.78 is 35.2. The van der Waals surface area contributed by atoms with Gasteiger partial charge in [0.2, 0.25) is 0 Å². The number of aromatic nitrogens is 2. The van der Waals surface area contributed by atoms with E-state index in [9.17, 15) is 13.5 Å². The molecule has 10 heteroatoms. The number of thiophene rings is 1. The summed E-state index contributed by atoms with van der Waals surface area (Å²) in [6.45, 7) is -0.0673. The quantitative estimate of drug-likeness (QED) is 0.465. The standard InChI is InChI=1S/C19H19N3O4S3/c1-21(29(24,25)17-6-8-27-16(17)11-23)14-5-3-4-13-10-15(19-20-7-9-28-19)22(12-26-2)18(13)14/h3-10,23H,11-12H2,1-2H3. The number of thiazole rings is 1. The minimum absolute atomic E-state index is 0.120. The van der Waals surface area contributed by atoms with Gasteiger partial charge in [-0.1, -0.05) is 12.1 Å². The molecule has 29 heavy (non-hydrogen) atoms. The molecule has 4 rings (SSSR count). The Morgan fingerprint density at radius 2 is 2.07 bits per heavy atom. The van der Waals surface area contributed by atoms with Crippen LogP contribution < -0.4 is 4.31 Å². The fraction of sp³-hybridized carbons (Fsp3) is 0.211. The highest BCUT2D eigenvalue weighted by molar-refractivity contribution is 7.93. The first kappa shape index (κ1) is 20.0. The smallest absolute Gasteiger partial charge is 0.265 e. The number of para-hydroxylation sites is 1. The predicted octanol–water partition coefficient (Wildman–Crippen LogP) is 3.75. The molecular formula is C19H19N3O4S3. The average Bonchev–Trinajstić information content (AvgIpc) is 3.46. The van der Waals surface area contributed by atoms with E-state index in [1.165, 1.54) is 40.1 Å². The predicted molar refractivity (Wildman–Crippen MR) is 116 cm³/mol. The summed E-state index contributed by atoms with van der Waals surface area (Å²) in [5.41, 5.74) is 2.13. The molecular weight excluding hydrogens is 430 g/mol. The number of nitrogens with zero attached hydrogens (tertiary/aromatic N) is 3. The zero-order chi connectivity index (χ0) is 20.6. The summed E-state index contributed by atoms with van der Waals surface area (Å²) in [5.74, 6) is 0. The van der Waals surface area contributed by atoms with Gasteiger partial charge in [-0.05, 0) is 23.6 Å². The summed E-state index contributed by atoms with van der Waals surface area (Å²) in [6, 6.07) is 9.04. The van der Waals surface area contributed by atoms with Gasteiger partial charge in [-0.25, -0.2) is 13.4 Å². The number of sulfonamides is 1. The molecule has 3 aromatic heterocycles. The van der Waals surface area contributed by atoms with E-state index in [0.29, 0.717) is 10.6 Å². The van der Waals surface area contributed by atoms with Crippen LogP contribution in [0.15, 0.2) is 52.2 Å². The van der Waals surface area contributed by atoms with Crippen LogP contribution >= 0.6 is 22.7 Å². The van der Waals surface area contributed by atoms with E-state index in [0.717, 1.165) is 21.6 Å². The minimum Gasteiger partial charge on any atom is -0.391 e. The second-order valence-electron chi connectivity index (χ2n) is 6.27. The van der Waals surface area contributed by atoms with Gasteiger partial charge in [0.05, 0.1) is 28.4 Å². The maximum atomic E-state index is 13.3. The molecule has 7 nitrogen and oxygen atoms in total. The number of fused-ring (bicyclic) bond motifs is 1. The molecule has 0 spiro atoms. The third-order valence-electron chi connectivity index (χ3n) is 4.63. The number of rotatable bonds is 7. The fourth-order valence-electron chi connectivity index (χ4n) is 3.30. The molecule has 0 radical (unpaired) electrons. The second-order valence-corrected chi connectivity index (χ2v) is 10.1. The minimum atomic E-state index is -3.84. The van der Waals surface area contributed by atoms with Crippen LogP contribution in [-0.2, 0) is 28.1 Å². The van der Waals surface area contributed by atoms with Crippen LogP contribution in [0.4, 0.5) is 5.69 Å². The van der Waals surface area contributed by atoms with E-state index < -0.39 is 10.0 Å². The highest BCUT2D eigenvalue weighted by atomic mass is 32.2. The van der Waals surface area contributed by atoms with Crippen molar-refractivity contribution in [1.29, 1.82) is 0 Å². The van der Waals surface area contributed by atoms with Gasteiger partial charge in [-0.3, -0.25) is 4.31 Å². The molecule has 0 saturated carbocycles. The van der Waals surface area contributed by atoms with Crippen LogP contribution in [0, 0.1) is 0 Å². The molecule has 0 aliphatic carbocycles. The van der Waals surface area contributed by atoms with Crippen molar-refractivity contribution in [3.63, 3.8) is 0 Å². The van der Waals surface area contributed by atoms with Crippen LogP contribution in [-0.4, -0.2) is 37.2 Å². The molecule has 0 saturated heterocycles. The maximum Gasteiger partial charge on any atom is 0.265 e. The lowest BCUT2D eigenvalue weighted by Crippen LogP contribution is -2.27. The van der Waals surface area contributed by atoms with E-state index >= 15 is 0 Å². The second kappa shape index (κ2) is 7.88. The Morgan fingerprint density at radius 1 is 1.24 bits per heavy atom. The highest BCUT2D eigenvalue weighted by Gasteiger charge is 2.28. The Kier molecular flexibility index (Phi) is 5.45. The zero-order valence-corrected chi connectivity index (χ0v) is 18.2. The number of aliphatic hydroxyl groups is 1. The lowest BCUT2D eigenvalue weighted by molar-refractivity contribution is 0.136. The summed E-state index contributed by atoms with van der Waals surface area (Å²) in [4.78, 5) is 4.93. The summed E-state index contributed by atoms with van der Waals surface area (Å²) in [5, 5.41) is 14.8. The molecule has 3 heterocycles. The van der Waals surface area contributed by atoms with E-state index in [-0.39, 0.29) is 18.2 Å². The normalized spacial score (nSPS) is 12.0. The molecule has 4 aromatic rings. The Morgan fingerprint density at radius 3 is 2.76 bits per heavy atom. The largest absolute Gasteiger partial charge is 0.391 e. The number of methoxy groups -OCH3 is 1. The molecule has 0 aliphatic heterocycles. The third kappa shape index (κ3) is 3.36. The Bertz CT molecular complexity index is 1240. The van der Waals surface area contributed by atoms with Crippen molar-refractivity contribution in [2.75, 3.05) is 18.5 Å². The highest BCUT2D eigenvalue weighted by Crippen LogP contribution is 2.37. The van der Waals surface area contributed by atoms with Crippen molar-refractivity contribution in [3.8, 4) is 10.7 Å². The number of hydrogen-bond acceptors (Lipinski definition) is 7. The Balaban J connectivity index is 1.92. The van der Waals surface area contributed by atoms with Crippen molar-refractivity contribution < 1.29 is 18.3 Å². The van der Waals surface area contributed by atoms with Crippen LogP contribution in [0.3, 0.4) is 0 Å². The van der Waals surface area contributed by atoms with E-state index in [2.05, 4.69) is 4.98 Å². The van der Waals surface area contributed by atoms with Gasteiger partial charge in [-0.15, -0.1) is 22.7 Å². The molecule has 1 N–H and O–H groups in total. The molecule has 0 bridgehead atoms. The topological polar surface area (TPSA) is 84.7 Å². The maximum absolute atomic E-state index is 13.3. The van der Waals surface area contributed by atoms with Gasteiger partial charge in [0.15, 0.2) is 0 Å². The number of benzene rings is 1. The van der Waals surface area contributed by atoms with Crippen molar-refractivity contribution in [2.45, 2.75) is 18.2 Å². The lowest BCUT2D eigenvalue weighted by atomic mass is 10.2.